The number of nitrogens with one attached hydrogen (secondary N) is 1. The molecule has 0 aromatic rings. The van der Waals surface area contributed by atoms with Gasteiger partial charge in [-0.25, -0.2) is 0 Å². The zero-order valence-electron chi connectivity index (χ0n) is 11.4. The molecule has 1 aliphatic heterocycles. The standard InChI is InChI=1S/C13H25N3O/c1-10(8-17)11-5-6-16(7-12(11)15-14)9-13(2,3)4/h8,10,15H,5-7,9,14H2,1-4H3. The molecule has 0 aromatic heterocycles. The first kappa shape index (κ1) is 14.2. The van der Waals surface area contributed by atoms with Crippen molar-refractivity contribution in [3.05, 3.63) is 11.3 Å². The highest BCUT2D eigenvalue weighted by molar-refractivity contribution is 5.59. The van der Waals surface area contributed by atoms with Gasteiger partial charge in [0.1, 0.15) is 6.29 Å². The first-order valence-corrected chi connectivity index (χ1v) is 6.23. The van der Waals surface area contributed by atoms with Gasteiger partial charge in [-0.05, 0) is 17.4 Å². The van der Waals surface area contributed by atoms with Crippen LogP contribution in [0.2, 0.25) is 0 Å². The molecule has 0 saturated heterocycles. The molecule has 1 aliphatic rings. The SMILES string of the molecule is CC(C=O)C1=C(NN)CN(CC(C)(C)C)CC1. The van der Waals surface area contributed by atoms with E-state index in [9.17, 15) is 4.79 Å². The quantitative estimate of drug-likeness (QED) is 0.441. The fourth-order valence-corrected chi connectivity index (χ4v) is 2.36. The van der Waals surface area contributed by atoms with Crippen LogP contribution in [0, 0.1) is 11.3 Å². The molecule has 0 aliphatic carbocycles. The highest BCUT2D eigenvalue weighted by atomic mass is 16.1. The van der Waals surface area contributed by atoms with Crippen molar-refractivity contribution in [3.8, 4) is 0 Å². The minimum Gasteiger partial charge on any atom is -0.327 e. The minimum atomic E-state index is -0.0298. The maximum atomic E-state index is 10.9. The molecule has 0 bridgehead atoms. The van der Waals surface area contributed by atoms with Crippen LogP contribution < -0.4 is 11.3 Å². The number of nitrogens with two attached hydrogens (primary N) is 1. The molecule has 4 heteroatoms. The van der Waals surface area contributed by atoms with Gasteiger partial charge in [0.2, 0.25) is 0 Å². The Labute approximate surface area is 104 Å². The molecule has 0 radical (unpaired) electrons. The molecule has 1 rings (SSSR count). The Morgan fingerprint density at radius 1 is 1.53 bits per heavy atom. The van der Waals surface area contributed by atoms with Crippen molar-refractivity contribution in [1.29, 1.82) is 0 Å². The van der Waals surface area contributed by atoms with Crippen molar-refractivity contribution < 1.29 is 4.79 Å². The van der Waals surface area contributed by atoms with E-state index in [4.69, 9.17) is 5.84 Å². The number of hydrogen-bond acceptors (Lipinski definition) is 4. The largest absolute Gasteiger partial charge is 0.327 e. The molecular formula is C13H25N3O. The lowest BCUT2D eigenvalue weighted by Crippen LogP contribution is -2.43. The number of carbonyl (C=O) groups is 1. The first-order chi connectivity index (χ1) is 7.87. The van der Waals surface area contributed by atoms with E-state index in [2.05, 4.69) is 31.1 Å². The number of hydrazine groups is 1. The predicted molar refractivity (Wildman–Crippen MR) is 70.1 cm³/mol. The van der Waals surface area contributed by atoms with Gasteiger partial charge in [-0.3, -0.25) is 10.7 Å². The first-order valence-electron chi connectivity index (χ1n) is 6.23. The van der Waals surface area contributed by atoms with Crippen molar-refractivity contribution in [1.82, 2.24) is 10.3 Å². The van der Waals surface area contributed by atoms with Gasteiger partial charge in [0.15, 0.2) is 0 Å². The smallest absolute Gasteiger partial charge is 0.126 e. The van der Waals surface area contributed by atoms with Crippen LogP contribution >= 0.6 is 0 Å². The Morgan fingerprint density at radius 2 is 2.18 bits per heavy atom. The molecule has 17 heavy (non-hydrogen) atoms. The molecule has 0 amide bonds. The third-order valence-electron chi connectivity index (χ3n) is 3.09. The molecule has 98 valence electrons. The molecular weight excluding hydrogens is 214 g/mol. The summed E-state index contributed by atoms with van der Waals surface area (Å²) in [6.07, 6.45) is 1.92. The molecule has 0 fully saturated rings. The second kappa shape index (κ2) is 5.65. The topological polar surface area (TPSA) is 58.4 Å². The van der Waals surface area contributed by atoms with Crippen LogP contribution in [0.25, 0.3) is 0 Å². The summed E-state index contributed by atoms with van der Waals surface area (Å²) in [5.41, 5.74) is 5.22. The molecule has 0 saturated carbocycles. The Hall–Kier alpha value is -0.870. The average molecular weight is 239 g/mol. The Morgan fingerprint density at radius 3 is 2.65 bits per heavy atom. The molecule has 1 heterocycles. The summed E-state index contributed by atoms with van der Waals surface area (Å²) in [5, 5.41) is 0. The second-order valence-corrected chi connectivity index (χ2v) is 6.09. The molecule has 0 spiro atoms. The van der Waals surface area contributed by atoms with E-state index in [-0.39, 0.29) is 11.3 Å². The fraction of sp³-hybridized carbons (Fsp3) is 0.769. The van der Waals surface area contributed by atoms with E-state index in [0.717, 1.165) is 43.6 Å². The van der Waals surface area contributed by atoms with Gasteiger partial charge in [-0.1, -0.05) is 27.7 Å². The number of nitrogens with zero attached hydrogens (tertiary/aromatic N) is 1. The van der Waals surface area contributed by atoms with Crippen LogP contribution in [-0.2, 0) is 4.79 Å². The number of aldehydes is 1. The van der Waals surface area contributed by atoms with E-state index in [1.807, 2.05) is 6.92 Å². The molecule has 3 N–H and O–H groups in total. The van der Waals surface area contributed by atoms with E-state index in [1.54, 1.807) is 0 Å². The van der Waals surface area contributed by atoms with E-state index in [0.29, 0.717) is 0 Å². The van der Waals surface area contributed by atoms with Crippen molar-refractivity contribution in [2.45, 2.75) is 34.1 Å². The maximum Gasteiger partial charge on any atom is 0.126 e. The Bertz CT molecular complexity index is 304. The second-order valence-electron chi connectivity index (χ2n) is 6.09. The van der Waals surface area contributed by atoms with Crippen molar-refractivity contribution in [2.75, 3.05) is 19.6 Å². The van der Waals surface area contributed by atoms with Crippen molar-refractivity contribution in [2.24, 2.45) is 17.2 Å². The predicted octanol–water partition coefficient (Wildman–Crippen LogP) is 1.29. The number of carbonyl (C=O) groups excluding carboxylic acids is 1. The van der Waals surface area contributed by atoms with Crippen LogP contribution in [0.5, 0.6) is 0 Å². The zero-order valence-corrected chi connectivity index (χ0v) is 11.4. The Kier molecular flexibility index (Phi) is 4.71. The lowest BCUT2D eigenvalue weighted by atomic mass is 9.91. The summed E-state index contributed by atoms with van der Waals surface area (Å²) in [6, 6.07) is 0. The normalized spacial score (nSPS) is 20.3. The van der Waals surface area contributed by atoms with Crippen LogP contribution in [-0.4, -0.2) is 30.8 Å². The van der Waals surface area contributed by atoms with Crippen LogP contribution in [0.3, 0.4) is 0 Å². The number of hydrogen-bond donors (Lipinski definition) is 2. The third-order valence-corrected chi connectivity index (χ3v) is 3.09. The van der Waals surface area contributed by atoms with Crippen LogP contribution in [0.4, 0.5) is 0 Å². The summed E-state index contributed by atoms with van der Waals surface area (Å²) in [7, 11) is 0. The third kappa shape index (κ3) is 4.13. The summed E-state index contributed by atoms with van der Waals surface area (Å²) >= 11 is 0. The average Bonchev–Trinajstić information content (AvgIpc) is 2.25. The van der Waals surface area contributed by atoms with Gasteiger partial charge in [-0.15, -0.1) is 0 Å². The molecule has 4 nitrogen and oxygen atoms in total. The summed E-state index contributed by atoms with van der Waals surface area (Å²) in [6.45, 7) is 11.5. The van der Waals surface area contributed by atoms with Crippen molar-refractivity contribution in [3.63, 3.8) is 0 Å². The van der Waals surface area contributed by atoms with E-state index in [1.165, 1.54) is 0 Å². The van der Waals surface area contributed by atoms with Crippen molar-refractivity contribution >= 4 is 6.29 Å². The van der Waals surface area contributed by atoms with Gasteiger partial charge < -0.3 is 10.2 Å². The fourth-order valence-electron chi connectivity index (χ4n) is 2.36. The highest BCUT2D eigenvalue weighted by Gasteiger charge is 2.24. The lowest BCUT2D eigenvalue weighted by Gasteiger charge is -2.35. The molecule has 1 atom stereocenters. The summed E-state index contributed by atoms with van der Waals surface area (Å²) in [4.78, 5) is 13.2. The monoisotopic (exact) mass is 239 g/mol. The van der Waals surface area contributed by atoms with Crippen LogP contribution in [0.15, 0.2) is 11.3 Å². The van der Waals surface area contributed by atoms with E-state index < -0.39 is 0 Å². The van der Waals surface area contributed by atoms with Crippen LogP contribution in [0.1, 0.15) is 34.1 Å². The lowest BCUT2D eigenvalue weighted by molar-refractivity contribution is -0.109. The number of rotatable bonds is 4. The van der Waals surface area contributed by atoms with Gasteiger partial charge in [-0.2, -0.15) is 0 Å². The van der Waals surface area contributed by atoms with Gasteiger partial charge >= 0.3 is 0 Å². The highest BCUT2D eigenvalue weighted by Crippen LogP contribution is 2.24. The molecule has 1 unspecified atom stereocenters. The zero-order chi connectivity index (χ0) is 13.1. The summed E-state index contributed by atoms with van der Waals surface area (Å²) < 4.78 is 0. The van der Waals surface area contributed by atoms with Gasteiger partial charge in [0.05, 0.1) is 0 Å². The van der Waals surface area contributed by atoms with Gasteiger partial charge in [0.25, 0.3) is 0 Å². The van der Waals surface area contributed by atoms with Gasteiger partial charge in [0, 0.05) is 31.2 Å². The Balaban J connectivity index is 2.74. The molecule has 0 aromatic carbocycles. The maximum absolute atomic E-state index is 10.9. The van der Waals surface area contributed by atoms with E-state index >= 15 is 0 Å². The summed E-state index contributed by atoms with van der Waals surface area (Å²) in [5.74, 6) is 5.53. The minimum absolute atomic E-state index is 0.0298.